The van der Waals surface area contributed by atoms with E-state index in [9.17, 15) is 4.79 Å². The van der Waals surface area contributed by atoms with Crippen LogP contribution in [0.1, 0.15) is 17.5 Å². The second-order valence-electron chi connectivity index (χ2n) is 7.47. The van der Waals surface area contributed by atoms with Crippen molar-refractivity contribution in [2.45, 2.75) is 12.8 Å². The molecule has 0 radical (unpaired) electrons. The minimum absolute atomic E-state index is 0.0239. The van der Waals surface area contributed by atoms with Crippen LogP contribution in [0.3, 0.4) is 0 Å². The third-order valence-corrected chi connectivity index (χ3v) is 5.82. The molecule has 156 valence electrons. The van der Waals surface area contributed by atoms with Gasteiger partial charge < -0.3 is 19.7 Å². The maximum atomic E-state index is 13.5. The molecule has 0 bridgehead atoms. The Morgan fingerprint density at radius 2 is 2.06 bits per heavy atom. The zero-order valence-electron chi connectivity index (χ0n) is 16.6. The minimum Gasteiger partial charge on any atom is -0.493 e. The molecule has 1 aliphatic rings. The zero-order chi connectivity index (χ0) is 21.4. The second-order valence-corrected chi connectivity index (χ2v) is 8.39. The standard InChI is InChI=1S/C24H20BrN3O3/c25-17-4-5-20-22(10-17)28-14-16(9-15-3-1-6-26-13-15)24(30)19-11-18(31-8-2-7-29)12-21(27-20)23(19)28/h1,3-6,10-14,27,29H,2,7-9H2. The van der Waals surface area contributed by atoms with E-state index < -0.39 is 0 Å². The first-order valence-electron chi connectivity index (χ1n) is 10.1. The van der Waals surface area contributed by atoms with Crippen LogP contribution in [-0.2, 0) is 6.42 Å². The molecule has 0 spiro atoms. The Labute approximate surface area is 187 Å². The largest absolute Gasteiger partial charge is 0.493 e. The van der Waals surface area contributed by atoms with Crippen LogP contribution in [-0.4, -0.2) is 27.9 Å². The summed E-state index contributed by atoms with van der Waals surface area (Å²) >= 11 is 3.56. The summed E-state index contributed by atoms with van der Waals surface area (Å²) in [5.41, 5.74) is 5.19. The number of fused-ring (bicyclic) bond motifs is 2. The molecule has 0 atom stereocenters. The molecular weight excluding hydrogens is 458 g/mol. The maximum absolute atomic E-state index is 13.5. The molecule has 1 aliphatic heterocycles. The SMILES string of the molecule is O=c1c(Cc2cccnc2)cn2c3c(cc(OCCCO)cc13)Nc1ccc(Br)cc1-2. The number of rotatable bonds is 6. The molecule has 31 heavy (non-hydrogen) atoms. The van der Waals surface area contributed by atoms with E-state index in [0.717, 1.165) is 32.6 Å². The highest BCUT2D eigenvalue weighted by Crippen LogP contribution is 2.39. The molecule has 4 aromatic rings. The number of benzene rings is 2. The molecular formula is C24H20BrN3O3. The number of aliphatic hydroxyl groups is 1. The first kappa shape index (κ1) is 19.8. The van der Waals surface area contributed by atoms with Gasteiger partial charge in [0.05, 0.1) is 34.6 Å². The Morgan fingerprint density at radius 3 is 2.87 bits per heavy atom. The molecule has 0 fully saturated rings. The Kier molecular flexibility index (Phi) is 5.21. The predicted molar refractivity (Wildman–Crippen MR) is 125 cm³/mol. The molecule has 2 N–H and O–H groups in total. The first-order chi connectivity index (χ1) is 15.1. The quantitative estimate of drug-likeness (QED) is 0.350. The molecule has 6 nitrogen and oxygen atoms in total. The van der Waals surface area contributed by atoms with Crippen molar-refractivity contribution in [1.82, 2.24) is 9.55 Å². The van der Waals surface area contributed by atoms with Crippen molar-refractivity contribution in [2.24, 2.45) is 0 Å². The lowest BCUT2D eigenvalue weighted by Gasteiger charge is -2.26. The van der Waals surface area contributed by atoms with Crippen molar-refractivity contribution in [3.05, 3.63) is 86.9 Å². The fraction of sp³-hybridized carbons (Fsp3) is 0.167. The molecule has 7 heteroatoms. The fourth-order valence-corrected chi connectivity index (χ4v) is 4.27. The summed E-state index contributed by atoms with van der Waals surface area (Å²) in [6.45, 7) is 0.442. The lowest BCUT2D eigenvalue weighted by atomic mass is 10.0. The average Bonchev–Trinajstić information content (AvgIpc) is 2.78. The van der Waals surface area contributed by atoms with Gasteiger partial charge in [0.2, 0.25) is 0 Å². The van der Waals surface area contributed by atoms with Crippen LogP contribution in [0, 0.1) is 0 Å². The maximum Gasteiger partial charge on any atom is 0.193 e. The Balaban J connectivity index is 1.73. The number of halogens is 1. The molecule has 0 aliphatic carbocycles. The van der Waals surface area contributed by atoms with Crippen LogP contribution in [0.5, 0.6) is 5.75 Å². The summed E-state index contributed by atoms with van der Waals surface area (Å²) in [5, 5.41) is 13.1. The van der Waals surface area contributed by atoms with Gasteiger partial charge in [-0.3, -0.25) is 9.78 Å². The summed E-state index contributed by atoms with van der Waals surface area (Å²) in [6, 6.07) is 13.6. The molecule has 0 amide bonds. The molecule has 2 aromatic heterocycles. The number of aromatic nitrogens is 2. The third-order valence-electron chi connectivity index (χ3n) is 5.32. The van der Waals surface area contributed by atoms with E-state index in [1.807, 2.05) is 42.6 Å². The van der Waals surface area contributed by atoms with Gasteiger partial charge >= 0.3 is 0 Å². The molecule has 2 aromatic carbocycles. The van der Waals surface area contributed by atoms with Crippen LogP contribution in [0.4, 0.5) is 11.4 Å². The topological polar surface area (TPSA) is 76.4 Å². The Morgan fingerprint density at radius 1 is 1.16 bits per heavy atom. The molecule has 0 saturated heterocycles. The summed E-state index contributed by atoms with van der Waals surface area (Å²) in [6.07, 6.45) is 6.46. The van der Waals surface area contributed by atoms with Gasteiger partial charge in [0.1, 0.15) is 5.75 Å². The number of anilines is 2. The van der Waals surface area contributed by atoms with Crippen molar-refractivity contribution in [3.8, 4) is 11.4 Å². The van der Waals surface area contributed by atoms with Gasteiger partial charge in [-0.1, -0.05) is 22.0 Å². The van der Waals surface area contributed by atoms with Crippen LogP contribution < -0.4 is 15.5 Å². The van der Waals surface area contributed by atoms with E-state index in [1.54, 1.807) is 18.5 Å². The van der Waals surface area contributed by atoms with Crippen molar-refractivity contribution < 1.29 is 9.84 Å². The van der Waals surface area contributed by atoms with Gasteiger partial charge in [-0.25, -0.2) is 0 Å². The van der Waals surface area contributed by atoms with Gasteiger partial charge in [-0.15, -0.1) is 0 Å². The highest BCUT2D eigenvalue weighted by atomic mass is 79.9. The average molecular weight is 478 g/mol. The smallest absolute Gasteiger partial charge is 0.193 e. The van der Waals surface area contributed by atoms with Crippen LogP contribution in [0.2, 0.25) is 0 Å². The number of aliphatic hydroxyl groups excluding tert-OH is 1. The molecule has 0 saturated carbocycles. The van der Waals surface area contributed by atoms with Crippen LogP contribution in [0.25, 0.3) is 16.6 Å². The Bertz CT molecular complexity index is 1340. The normalized spacial score (nSPS) is 11.8. The van der Waals surface area contributed by atoms with Crippen molar-refractivity contribution >= 4 is 38.2 Å². The highest BCUT2D eigenvalue weighted by molar-refractivity contribution is 9.10. The van der Waals surface area contributed by atoms with E-state index in [2.05, 4.69) is 30.8 Å². The van der Waals surface area contributed by atoms with Crippen molar-refractivity contribution in [2.75, 3.05) is 18.5 Å². The lowest BCUT2D eigenvalue weighted by molar-refractivity contribution is 0.234. The van der Waals surface area contributed by atoms with Gasteiger partial charge in [-0.2, -0.15) is 0 Å². The van der Waals surface area contributed by atoms with Gasteiger partial charge in [0.15, 0.2) is 5.43 Å². The fourth-order valence-electron chi connectivity index (χ4n) is 3.92. The van der Waals surface area contributed by atoms with E-state index in [4.69, 9.17) is 9.84 Å². The zero-order valence-corrected chi connectivity index (χ0v) is 18.2. The van der Waals surface area contributed by atoms with E-state index in [1.165, 1.54) is 0 Å². The van der Waals surface area contributed by atoms with Gasteiger partial charge in [-0.05, 0) is 35.9 Å². The highest BCUT2D eigenvalue weighted by Gasteiger charge is 2.22. The third kappa shape index (κ3) is 3.71. The number of pyridine rings is 2. The monoisotopic (exact) mass is 477 g/mol. The summed E-state index contributed by atoms with van der Waals surface area (Å²) < 4.78 is 8.85. The number of ether oxygens (including phenoxy) is 1. The first-order valence-corrected chi connectivity index (χ1v) is 10.8. The van der Waals surface area contributed by atoms with Gasteiger partial charge in [0, 0.05) is 54.1 Å². The van der Waals surface area contributed by atoms with Crippen LogP contribution >= 0.6 is 15.9 Å². The van der Waals surface area contributed by atoms with Crippen LogP contribution in [0.15, 0.2) is 70.3 Å². The van der Waals surface area contributed by atoms with Crippen molar-refractivity contribution in [1.29, 1.82) is 0 Å². The summed E-state index contributed by atoms with van der Waals surface area (Å²) in [5.74, 6) is 0.603. The summed E-state index contributed by atoms with van der Waals surface area (Å²) in [7, 11) is 0. The van der Waals surface area contributed by atoms with E-state index in [0.29, 0.717) is 36.1 Å². The number of hydrogen-bond acceptors (Lipinski definition) is 5. The van der Waals surface area contributed by atoms with E-state index >= 15 is 0 Å². The number of hydrogen-bond donors (Lipinski definition) is 2. The minimum atomic E-state index is -0.0239. The molecule has 5 rings (SSSR count). The van der Waals surface area contributed by atoms with Gasteiger partial charge in [0.25, 0.3) is 0 Å². The second kappa shape index (κ2) is 8.17. The molecule has 0 unspecified atom stereocenters. The number of nitrogens with zero attached hydrogens (tertiary/aromatic N) is 2. The van der Waals surface area contributed by atoms with Crippen molar-refractivity contribution in [3.63, 3.8) is 0 Å². The molecule has 3 heterocycles. The van der Waals surface area contributed by atoms with E-state index in [-0.39, 0.29) is 12.0 Å². The Hall–Kier alpha value is -3.16. The predicted octanol–water partition coefficient (Wildman–Crippen LogP) is 4.56. The number of nitrogens with one attached hydrogen (secondary N) is 1. The summed E-state index contributed by atoms with van der Waals surface area (Å²) in [4.78, 5) is 17.7. The lowest BCUT2D eigenvalue weighted by Crippen LogP contribution is -2.19.